The maximum absolute atomic E-state index is 11.6. The van der Waals surface area contributed by atoms with E-state index in [0.29, 0.717) is 13.0 Å². The van der Waals surface area contributed by atoms with E-state index < -0.39 is 0 Å². The highest BCUT2D eigenvalue weighted by Gasteiger charge is 2.07. The van der Waals surface area contributed by atoms with Gasteiger partial charge in [0.25, 0.3) is 0 Å². The highest BCUT2D eigenvalue weighted by Crippen LogP contribution is 2.11. The molecule has 0 aliphatic carbocycles. The second kappa shape index (κ2) is 10.6. The van der Waals surface area contributed by atoms with Gasteiger partial charge in [0.05, 0.1) is 0 Å². The van der Waals surface area contributed by atoms with Crippen molar-refractivity contribution in [1.29, 1.82) is 0 Å². The van der Waals surface area contributed by atoms with Crippen LogP contribution in [-0.2, 0) is 17.8 Å². The van der Waals surface area contributed by atoms with Gasteiger partial charge in [0.1, 0.15) is 0 Å². The number of hydrogen-bond acceptors (Lipinski definition) is 3. The summed E-state index contributed by atoms with van der Waals surface area (Å²) >= 11 is 1.79. The molecule has 0 saturated heterocycles. The number of hydrogen-bond donors (Lipinski definition) is 2. The average molecular weight is 373 g/mol. The predicted octanol–water partition coefficient (Wildman–Crippen LogP) is 3.74. The van der Waals surface area contributed by atoms with Gasteiger partial charge in [-0.2, -0.15) is 0 Å². The Balaban J connectivity index is 1.80. The number of carbonyl (C=O) groups is 1. The summed E-state index contributed by atoms with van der Waals surface area (Å²) in [5, 5.41) is 8.40. The van der Waals surface area contributed by atoms with E-state index in [1.54, 1.807) is 18.4 Å². The first-order valence-electron chi connectivity index (χ1n) is 8.95. The number of rotatable bonds is 8. The van der Waals surface area contributed by atoms with Crippen LogP contribution in [0.4, 0.5) is 5.69 Å². The van der Waals surface area contributed by atoms with Crippen molar-refractivity contribution >= 4 is 28.9 Å². The highest BCUT2D eigenvalue weighted by molar-refractivity contribution is 7.09. The maximum atomic E-state index is 11.6. The molecule has 0 radical (unpaired) electrons. The molecule has 0 aliphatic heterocycles. The van der Waals surface area contributed by atoms with E-state index in [4.69, 9.17) is 0 Å². The molecule has 1 amide bonds. The first-order valence-corrected chi connectivity index (χ1v) is 9.83. The summed E-state index contributed by atoms with van der Waals surface area (Å²) in [6, 6.07) is 12.2. The summed E-state index contributed by atoms with van der Waals surface area (Å²) in [6.07, 6.45) is 2.42. The van der Waals surface area contributed by atoms with Gasteiger partial charge >= 0.3 is 0 Å². The van der Waals surface area contributed by atoms with Crippen molar-refractivity contribution < 1.29 is 4.79 Å². The van der Waals surface area contributed by atoms with Gasteiger partial charge in [0.2, 0.25) is 5.91 Å². The zero-order chi connectivity index (χ0) is 18.8. The van der Waals surface area contributed by atoms with E-state index in [9.17, 15) is 4.79 Å². The summed E-state index contributed by atoms with van der Waals surface area (Å²) in [5.74, 6) is 0.938. The number of aliphatic imine (C=N–C) groups is 1. The van der Waals surface area contributed by atoms with Gasteiger partial charge < -0.3 is 15.5 Å². The summed E-state index contributed by atoms with van der Waals surface area (Å²) in [4.78, 5) is 19.5. The SMILES string of the molecule is CCCC(=O)Nc1ccc(CNC(=NC)N(C)CCc2cccs2)cc1. The third-order valence-corrected chi connectivity index (χ3v) is 4.95. The van der Waals surface area contributed by atoms with Gasteiger partial charge in [0.15, 0.2) is 5.96 Å². The standard InChI is InChI=1S/C20H28N4OS/c1-4-6-19(25)23-17-10-8-16(9-11-17)15-22-20(21-2)24(3)13-12-18-7-5-14-26-18/h5,7-11,14H,4,6,12-13,15H2,1-3H3,(H,21,22)(H,23,25). The van der Waals surface area contributed by atoms with Crippen LogP contribution in [0.25, 0.3) is 0 Å². The summed E-state index contributed by atoms with van der Waals surface area (Å²) in [6.45, 7) is 3.61. The minimum Gasteiger partial charge on any atom is -0.352 e. The lowest BCUT2D eigenvalue weighted by Gasteiger charge is -2.22. The minimum atomic E-state index is 0.0612. The molecule has 0 fully saturated rings. The number of likely N-dealkylation sites (N-methyl/N-ethyl adjacent to an activating group) is 1. The molecule has 0 atom stereocenters. The second-order valence-electron chi connectivity index (χ2n) is 6.15. The van der Waals surface area contributed by atoms with Gasteiger partial charge in [-0.15, -0.1) is 11.3 Å². The van der Waals surface area contributed by atoms with Crippen LogP contribution in [0.1, 0.15) is 30.2 Å². The molecule has 6 heteroatoms. The molecule has 5 nitrogen and oxygen atoms in total. The average Bonchev–Trinajstić information content (AvgIpc) is 3.15. The van der Waals surface area contributed by atoms with Crippen LogP contribution < -0.4 is 10.6 Å². The Bertz CT molecular complexity index is 695. The molecule has 2 aromatic rings. The number of carbonyl (C=O) groups excluding carboxylic acids is 1. The quantitative estimate of drug-likeness (QED) is 0.548. The van der Waals surface area contributed by atoms with Crippen LogP contribution in [0.2, 0.25) is 0 Å². The van der Waals surface area contributed by atoms with Gasteiger partial charge in [-0.3, -0.25) is 9.79 Å². The van der Waals surface area contributed by atoms with Crippen molar-refractivity contribution in [3.63, 3.8) is 0 Å². The number of nitrogens with zero attached hydrogens (tertiary/aromatic N) is 2. The molecule has 2 rings (SSSR count). The van der Waals surface area contributed by atoms with Crippen LogP contribution in [-0.4, -0.2) is 37.4 Å². The number of benzene rings is 1. The first-order chi connectivity index (χ1) is 12.6. The molecule has 0 unspecified atom stereocenters. The van der Waals surface area contributed by atoms with Crippen molar-refractivity contribution in [2.75, 3.05) is 26.0 Å². The second-order valence-corrected chi connectivity index (χ2v) is 7.18. The van der Waals surface area contributed by atoms with E-state index in [1.165, 1.54) is 4.88 Å². The van der Waals surface area contributed by atoms with Crippen LogP contribution >= 0.6 is 11.3 Å². The summed E-state index contributed by atoms with van der Waals surface area (Å²) in [7, 11) is 3.85. The van der Waals surface area contributed by atoms with E-state index in [0.717, 1.165) is 36.6 Å². The van der Waals surface area contributed by atoms with E-state index in [2.05, 4.69) is 45.1 Å². The molecule has 26 heavy (non-hydrogen) atoms. The topological polar surface area (TPSA) is 56.7 Å². The van der Waals surface area contributed by atoms with E-state index in [-0.39, 0.29) is 5.91 Å². The third kappa shape index (κ3) is 6.52. The first kappa shape index (κ1) is 20.0. The molecule has 1 aromatic carbocycles. The Labute approximate surface area is 160 Å². The molecule has 0 bridgehead atoms. The third-order valence-electron chi connectivity index (χ3n) is 4.01. The van der Waals surface area contributed by atoms with Crippen LogP contribution in [0.3, 0.4) is 0 Å². The fourth-order valence-corrected chi connectivity index (χ4v) is 3.26. The Morgan fingerprint density at radius 1 is 1.23 bits per heavy atom. The van der Waals surface area contributed by atoms with Gasteiger partial charge in [-0.25, -0.2) is 0 Å². The Morgan fingerprint density at radius 3 is 2.62 bits per heavy atom. The van der Waals surface area contributed by atoms with E-state index in [1.807, 2.05) is 31.2 Å². The smallest absolute Gasteiger partial charge is 0.224 e. The number of anilines is 1. The highest BCUT2D eigenvalue weighted by atomic mass is 32.1. The van der Waals surface area contributed by atoms with Crippen molar-refractivity contribution in [1.82, 2.24) is 10.2 Å². The van der Waals surface area contributed by atoms with Crippen LogP contribution in [0, 0.1) is 0 Å². The van der Waals surface area contributed by atoms with Crippen LogP contribution in [0.15, 0.2) is 46.8 Å². The molecule has 1 heterocycles. The summed E-state index contributed by atoms with van der Waals surface area (Å²) < 4.78 is 0. The summed E-state index contributed by atoms with van der Waals surface area (Å²) in [5.41, 5.74) is 1.98. The van der Waals surface area contributed by atoms with Crippen molar-refractivity contribution in [2.45, 2.75) is 32.7 Å². The minimum absolute atomic E-state index is 0.0612. The normalized spacial score (nSPS) is 11.3. The monoisotopic (exact) mass is 372 g/mol. The lowest BCUT2D eigenvalue weighted by molar-refractivity contribution is -0.116. The van der Waals surface area contributed by atoms with E-state index >= 15 is 0 Å². The number of thiophene rings is 1. The maximum Gasteiger partial charge on any atom is 0.224 e. The molecule has 2 N–H and O–H groups in total. The number of nitrogens with one attached hydrogen (secondary N) is 2. The molecular weight excluding hydrogens is 344 g/mol. The Morgan fingerprint density at radius 2 is 2.00 bits per heavy atom. The molecular formula is C20H28N4OS. The molecule has 0 saturated carbocycles. The lowest BCUT2D eigenvalue weighted by atomic mass is 10.2. The Hall–Kier alpha value is -2.34. The van der Waals surface area contributed by atoms with Gasteiger partial charge in [0, 0.05) is 44.2 Å². The van der Waals surface area contributed by atoms with Crippen LogP contribution in [0.5, 0.6) is 0 Å². The van der Waals surface area contributed by atoms with Crippen molar-refractivity contribution in [2.24, 2.45) is 4.99 Å². The van der Waals surface area contributed by atoms with Crippen molar-refractivity contribution in [3.8, 4) is 0 Å². The molecule has 0 aliphatic rings. The fraction of sp³-hybridized carbons (Fsp3) is 0.400. The zero-order valence-electron chi connectivity index (χ0n) is 15.8. The van der Waals surface area contributed by atoms with Gasteiger partial charge in [-0.1, -0.05) is 25.1 Å². The number of guanidine groups is 1. The predicted molar refractivity (Wildman–Crippen MR) is 111 cm³/mol. The van der Waals surface area contributed by atoms with Crippen molar-refractivity contribution in [3.05, 3.63) is 52.2 Å². The fourth-order valence-electron chi connectivity index (χ4n) is 2.56. The zero-order valence-corrected chi connectivity index (χ0v) is 16.6. The molecule has 1 aromatic heterocycles. The van der Waals surface area contributed by atoms with Gasteiger partial charge in [-0.05, 0) is 42.0 Å². The molecule has 140 valence electrons. The lowest BCUT2D eigenvalue weighted by Crippen LogP contribution is -2.39. The largest absolute Gasteiger partial charge is 0.352 e. The number of amides is 1. The Kier molecular flexibility index (Phi) is 8.15. The molecule has 0 spiro atoms.